The van der Waals surface area contributed by atoms with Gasteiger partial charge in [-0.3, -0.25) is 0 Å². The minimum atomic E-state index is 0.0749. The smallest absolute Gasteiger partial charge is 0.124 e. The Morgan fingerprint density at radius 1 is 1.00 bits per heavy atom. The van der Waals surface area contributed by atoms with Crippen LogP contribution in [0.25, 0.3) is 0 Å². The molecule has 1 unspecified atom stereocenters. The van der Waals surface area contributed by atoms with Crippen LogP contribution in [0.1, 0.15) is 30.1 Å². The molecule has 100 valence electrons. The monoisotopic (exact) mass is 255 g/mol. The Morgan fingerprint density at radius 2 is 1.68 bits per heavy atom. The summed E-state index contributed by atoms with van der Waals surface area (Å²) in [5.41, 5.74) is 7.99. The molecule has 0 saturated heterocycles. The molecule has 2 N–H and O–H groups in total. The van der Waals surface area contributed by atoms with E-state index in [1.807, 2.05) is 36.4 Å². The number of nitrogens with two attached hydrogens (primary N) is 1. The molecule has 0 fully saturated rings. The molecule has 2 aromatic rings. The van der Waals surface area contributed by atoms with Crippen LogP contribution in [-0.2, 0) is 0 Å². The fourth-order valence-corrected chi connectivity index (χ4v) is 2.11. The number of benzene rings is 2. The van der Waals surface area contributed by atoms with Gasteiger partial charge in [-0.25, -0.2) is 0 Å². The van der Waals surface area contributed by atoms with Crippen molar-refractivity contribution in [1.29, 1.82) is 0 Å². The second-order valence-electron chi connectivity index (χ2n) is 4.71. The van der Waals surface area contributed by atoms with Crippen LogP contribution in [0.3, 0.4) is 0 Å². The molecule has 0 heterocycles. The maximum absolute atomic E-state index is 6.18. The molecule has 0 spiro atoms. The number of hydrogen-bond acceptors (Lipinski definition) is 2. The lowest BCUT2D eigenvalue weighted by Crippen LogP contribution is -2.11. The van der Waals surface area contributed by atoms with E-state index in [4.69, 9.17) is 10.5 Å². The largest absolute Gasteiger partial charge is 0.485 e. The van der Waals surface area contributed by atoms with Crippen LogP contribution in [-0.4, -0.2) is 6.54 Å². The molecule has 0 saturated carbocycles. The molecule has 0 aliphatic carbocycles. The number of ether oxygens (including phenoxy) is 1. The van der Waals surface area contributed by atoms with E-state index in [2.05, 4.69) is 25.1 Å². The first-order valence-electron chi connectivity index (χ1n) is 6.78. The summed E-state index contributed by atoms with van der Waals surface area (Å²) in [5, 5.41) is 0. The number of rotatable bonds is 6. The van der Waals surface area contributed by atoms with Crippen molar-refractivity contribution in [3.8, 4) is 5.75 Å². The third-order valence-electron chi connectivity index (χ3n) is 3.20. The third-order valence-corrected chi connectivity index (χ3v) is 3.20. The van der Waals surface area contributed by atoms with Gasteiger partial charge in [0.1, 0.15) is 11.9 Å². The second kappa shape index (κ2) is 6.95. The van der Waals surface area contributed by atoms with Gasteiger partial charge in [-0.2, -0.15) is 0 Å². The molecule has 0 aliphatic heterocycles. The molecule has 2 rings (SSSR count). The van der Waals surface area contributed by atoms with E-state index in [0.29, 0.717) is 6.54 Å². The van der Waals surface area contributed by atoms with Crippen molar-refractivity contribution >= 4 is 0 Å². The van der Waals surface area contributed by atoms with Crippen LogP contribution < -0.4 is 10.5 Å². The van der Waals surface area contributed by atoms with E-state index in [9.17, 15) is 0 Å². The Hall–Kier alpha value is -1.80. The predicted octanol–water partition coefficient (Wildman–Crippen LogP) is 3.85. The van der Waals surface area contributed by atoms with Crippen LogP contribution in [0.2, 0.25) is 0 Å². The lowest BCUT2D eigenvalue weighted by molar-refractivity contribution is 0.191. The van der Waals surface area contributed by atoms with Crippen LogP contribution in [0.15, 0.2) is 54.6 Å². The van der Waals surface area contributed by atoms with Crippen LogP contribution >= 0.6 is 0 Å². The molecule has 1 atom stereocenters. The summed E-state index contributed by atoms with van der Waals surface area (Å²) in [7, 11) is 0. The molecule has 19 heavy (non-hydrogen) atoms. The Labute approximate surface area is 115 Å². The van der Waals surface area contributed by atoms with Gasteiger partial charge in [-0.05, 0) is 43.5 Å². The van der Waals surface area contributed by atoms with Crippen LogP contribution in [0, 0.1) is 6.92 Å². The zero-order chi connectivity index (χ0) is 13.5. The number of aryl methyl sites for hydroxylation is 1. The van der Waals surface area contributed by atoms with Gasteiger partial charge in [-0.1, -0.05) is 48.5 Å². The molecule has 2 aromatic carbocycles. The summed E-state index contributed by atoms with van der Waals surface area (Å²) in [5.74, 6) is 0.952. The molecular formula is C17H21NO. The quantitative estimate of drug-likeness (QED) is 0.850. The SMILES string of the molecule is Cc1ccccc1OC(CCCN)c1ccccc1. The molecule has 2 heteroatoms. The highest BCUT2D eigenvalue weighted by molar-refractivity contribution is 5.32. The van der Waals surface area contributed by atoms with Crippen molar-refractivity contribution in [2.24, 2.45) is 5.73 Å². The number of hydrogen-bond donors (Lipinski definition) is 1. The summed E-state index contributed by atoms with van der Waals surface area (Å²) in [6, 6.07) is 18.5. The molecule has 2 nitrogen and oxygen atoms in total. The predicted molar refractivity (Wildman–Crippen MR) is 79.3 cm³/mol. The van der Waals surface area contributed by atoms with Gasteiger partial charge in [-0.15, -0.1) is 0 Å². The topological polar surface area (TPSA) is 35.2 Å². The zero-order valence-corrected chi connectivity index (χ0v) is 11.4. The minimum absolute atomic E-state index is 0.0749. The van der Waals surface area contributed by atoms with E-state index in [1.54, 1.807) is 0 Å². The summed E-state index contributed by atoms with van der Waals surface area (Å²) >= 11 is 0. The molecule has 0 aromatic heterocycles. The highest BCUT2D eigenvalue weighted by Gasteiger charge is 2.13. The van der Waals surface area contributed by atoms with E-state index in [0.717, 1.165) is 24.2 Å². The Morgan fingerprint density at radius 3 is 2.37 bits per heavy atom. The minimum Gasteiger partial charge on any atom is -0.485 e. The van der Waals surface area contributed by atoms with E-state index in [1.165, 1.54) is 5.56 Å². The first-order valence-corrected chi connectivity index (χ1v) is 6.78. The lowest BCUT2D eigenvalue weighted by Gasteiger charge is -2.20. The average Bonchev–Trinajstić information content (AvgIpc) is 2.46. The highest BCUT2D eigenvalue weighted by Crippen LogP contribution is 2.27. The van der Waals surface area contributed by atoms with Gasteiger partial charge in [0.25, 0.3) is 0 Å². The molecule has 0 bridgehead atoms. The highest BCUT2D eigenvalue weighted by atomic mass is 16.5. The average molecular weight is 255 g/mol. The maximum Gasteiger partial charge on any atom is 0.124 e. The van der Waals surface area contributed by atoms with Crippen molar-refractivity contribution in [3.05, 3.63) is 65.7 Å². The van der Waals surface area contributed by atoms with Gasteiger partial charge in [0, 0.05) is 0 Å². The molecule has 0 amide bonds. The number of para-hydroxylation sites is 1. The zero-order valence-electron chi connectivity index (χ0n) is 11.4. The van der Waals surface area contributed by atoms with Gasteiger partial charge in [0.2, 0.25) is 0 Å². The summed E-state index contributed by atoms with van der Waals surface area (Å²) in [6.07, 6.45) is 1.98. The summed E-state index contributed by atoms with van der Waals surface area (Å²) < 4.78 is 6.18. The maximum atomic E-state index is 6.18. The van der Waals surface area contributed by atoms with E-state index in [-0.39, 0.29) is 6.10 Å². The van der Waals surface area contributed by atoms with Gasteiger partial charge in [0.15, 0.2) is 0 Å². The summed E-state index contributed by atoms with van der Waals surface area (Å²) in [4.78, 5) is 0. The lowest BCUT2D eigenvalue weighted by atomic mass is 10.0. The van der Waals surface area contributed by atoms with Crippen molar-refractivity contribution < 1.29 is 4.74 Å². The fraction of sp³-hybridized carbons (Fsp3) is 0.294. The van der Waals surface area contributed by atoms with Gasteiger partial charge >= 0.3 is 0 Å². The van der Waals surface area contributed by atoms with Crippen molar-refractivity contribution in [2.75, 3.05) is 6.54 Å². The molecule has 0 radical (unpaired) electrons. The van der Waals surface area contributed by atoms with Crippen molar-refractivity contribution in [2.45, 2.75) is 25.9 Å². The van der Waals surface area contributed by atoms with E-state index < -0.39 is 0 Å². The Bertz CT molecular complexity index is 496. The first kappa shape index (κ1) is 13.6. The van der Waals surface area contributed by atoms with Gasteiger partial charge in [0.05, 0.1) is 0 Å². The fourth-order valence-electron chi connectivity index (χ4n) is 2.11. The normalized spacial score (nSPS) is 12.1. The Balaban J connectivity index is 2.17. The van der Waals surface area contributed by atoms with Gasteiger partial charge < -0.3 is 10.5 Å². The van der Waals surface area contributed by atoms with Crippen LogP contribution in [0.4, 0.5) is 0 Å². The van der Waals surface area contributed by atoms with E-state index >= 15 is 0 Å². The summed E-state index contributed by atoms with van der Waals surface area (Å²) in [6.45, 7) is 2.76. The standard InChI is InChI=1S/C17H21NO/c1-14-8-5-6-11-16(14)19-17(12-7-13-18)15-9-3-2-4-10-15/h2-6,8-11,17H,7,12-13,18H2,1H3. The second-order valence-corrected chi connectivity index (χ2v) is 4.71. The molecule has 0 aliphatic rings. The van der Waals surface area contributed by atoms with Crippen molar-refractivity contribution in [3.63, 3.8) is 0 Å². The van der Waals surface area contributed by atoms with Crippen molar-refractivity contribution in [1.82, 2.24) is 0 Å². The van der Waals surface area contributed by atoms with Crippen LogP contribution in [0.5, 0.6) is 5.75 Å². The third kappa shape index (κ3) is 3.83. The Kier molecular flexibility index (Phi) is 4.99. The molecular weight excluding hydrogens is 234 g/mol. The first-order chi connectivity index (χ1) is 9.31.